The van der Waals surface area contributed by atoms with E-state index in [0.717, 1.165) is 6.07 Å². The van der Waals surface area contributed by atoms with Crippen LogP contribution in [0.2, 0.25) is 0 Å². The Bertz CT molecular complexity index is 429. The summed E-state index contributed by atoms with van der Waals surface area (Å²) in [4.78, 5) is 0.0245. The fourth-order valence-corrected chi connectivity index (χ4v) is 2.76. The summed E-state index contributed by atoms with van der Waals surface area (Å²) < 4.78 is 36.3. The molecule has 1 rings (SSSR count). The summed E-state index contributed by atoms with van der Waals surface area (Å²) in [5.74, 6) is -0.548. The minimum atomic E-state index is -3.38. The Labute approximate surface area is 94.8 Å². The van der Waals surface area contributed by atoms with Crippen molar-refractivity contribution in [1.82, 2.24) is 0 Å². The largest absolute Gasteiger partial charge is 0.396 e. The molecule has 0 heterocycles. The molecule has 0 aliphatic rings. The Hall–Kier alpha value is -0.940. The van der Waals surface area contributed by atoms with E-state index in [9.17, 15) is 12.8 Å². The summed E-state index contributed by atoms with van der Waals surface area (Å²) in [5, 5.41) is 8.55. The predicted octanol–water partition coefficient (Wildman–Crippen LogP) is 1.76. The van der Waals surface area contributed by atoms with E-state index in [0.29, 0.717) is 19.3 Å². The van der Waals surface area contributed by atoms with Crippen LogP contribution in [0.15, 0.2) is 29.2 Å². The van der Waals surface area contributed by atoms with Gasteiger partial charge in [0.1, 0.15) is 5.82 Å². The highest BCUT2D eigenvalue weighted by atomic mass is 32.2. The Morgan fingerprint density at radius 1 is 1.19 bits per heavy atom. The minimum Gasteiger partial charge on any atom is -0.396 e. The lowest BCUT2D eigenvalue weighted by Crippen LogP contribution is -2.07. The van der Waals surface area contributed by atoms with E-state index in [4.69, 9.17) is 5.11 Å². The first-order valence-electron chi connectivity index (χ1n) is 5.15. The minimum absolute atomic E-state index is 0.00352. The summed E-state index contributed by atoms with van der Waals surface area (Å²) in [7, 11) is -3.38. The van der Waals surface area contributed by atoms with Gasteiger partial charge in [0, 0.05) is 6.61 Å². The normalized spacial score (nSPS) is 11.6. The molecule has 0 unspecified atom stereocenters. The summed E-state index contributed by atoms with van der Waals surface area (Å²) in [6.45, 7) is 0.0695. The third-order valence-corrected chi connectivity index (χ3v) is 4.02. The molecule has 0 saturated heterocycles. The van der Waals surface area contributed by atoms with E-state index >= 15 is 0 Å². The van der Waals surface area contributed by atoms with Gasteiger partial charge in [-0.15, -0.1) is 0 Å². The molecule has 1 aromatic carbocycles. The van der Waals surface area contributed by atoms with Crippen LogP contribution in [0, 0.1) is 5.82 Å². The molecule has 3 nitrogen and oxygen atoms in total. The topological polar surface area (TPSA) is 54.4 Å². The van der Waals surface area contributed by atoms with E-state index in [1.165, 1.54) is 18.2 Å². The summed E-state index contributed by atoms with van der Waals surface area (Å²) >= 11 is 0. The molecule has 0 saturated carbocycles. The summed E-state index contributed by atoms with van der Waals surface area (Å²) in [6.07, 6.45) is 1.74. The first-order valence-corrected chi connectivity index (χ1v) is 6.80. The Morgan fingerprint density at radius 3 is 2.56 bits per heavy atom. The molecule has 1 N–H and O–H groups in total. The molecular weight excluding hydrogens is 231 g/mol. The number of sulfone groups is 1. The molecule has 0 aromatic heterocycles. The Balaban J connectivity index is 2.64. The van der Waals surface area contributed by atoms with Crippen LogP contribution < -0.4 is 0 Å². The van der Waals surface area contributed by atoms with Crippen molar-refractivity contribution in [3.8, 4) is 0 Å². The van der Waals surface area contributed by atoms with Gasteiger partial charge in [-0.25, -0.2) is 12.8 Å². The number of hydrogen-bond acceptors (Lipinski definition) is 3. The third-order valence-electron chi connectivity index (χ3n) is 2.23. The molecule has 0 bridgehead atoms. The second kappa shape index (κ2) is 5.96. The van der Waals surface area contributed by atoms with Crippen LogP contribution in [0.5, 0.6) is 0 Å². The van der Waals surface area contributed by atoms with Gasteiger partial charge in [-0.05, 0) is 31.0 Å². The lowest BCUT2D eigenvalue weighted by molar-refractivity contribution is 0.284. The quantitative estimate of drug-likeness (QED) is 0.778. The van der Waals surface area contributed by atoms with Crippen molar-refractivity contribution in [3.63, 3.8) is 0 Å². The molecule has 90 valence electrons. The highest BCUT2D eigenvalue weighted by Gasteiger charge is 2.14. The molecule has 16 heavy (non-hydrogen) atoms. The van der Waals surface area contributed by atoms with Gasteiger partial charge < -0.3 is 5.11 Å². The third kappa shape index (κ3) is 3.90. The van der Waals surface area contributed by atoms with Gasteiger partial charge in [-0.2, -0.15) is 0 Å². The predicted molar refractivity (Wildman–Crippen MR) is 59.4 cm³/mol. The maximum atomic E-state index is 12.8. The fourth-order valence-electron chi connectivity index (χ4n) is 1.36. The number of benzene rings is 1. The molecule has 0 fully saturated rings. The maximum Gasteiger partial charge on any atom is 0.178 e. The van der Waals surface area contributed by atoms with E-state index in [-0.39, 0.29) is 17.3 Å². The number of unbranched alkanes of at least 4 members (excludes halogenated alkanes) is 2. The van der Waals surface area contributed by atoms with Crippen molar-refractivity contribution in [2.45, 2.75) is 24.2 Å². The average molecular weight is 246 g/mol. The zero-order valence-electron chi connectivity index (χ0n) is 8.89. The first kappa shape index (κ1) is 13.1. The Morgan fingerprint density at radius 2 is 1.94 bits per heavy atom. The number of rotatable bonds is 6. The van der Waals surface area contributed by atoms with Crippen LogP contribution in [-0.4, -0.2) is 25.9 Å². The monoisotopic (exact) mass is 246 g/mol. The van der Waals surface area contributed by atoms with Crippen LogP contribution >= 0.6 is 0 Å². The molecule has 5 heteroatoms. The number of aliphatic hydroxyl groups is 1. The number of aliphatic hydroxyl groups excluding tert-OH is 1. The highest BCUT2D eigenvalue weighted by Crippen LogP contribution is 2.14. The number of hydrogen-bond donors (Lipinski definition) is 1. The summed E-state index contributed by atoms with van der Waals surface area (Å²) in [5.41, 5.74) is 0. The van der Waals surface area contributed by atoms with Gasteiger partial charge in [0.2, 0.25) is 0 Å². The fraction of sp³-hybridized carbons (Fsp3) is 0.455. The molecule has 0 amide bonds. The number of halogens is 1. The van der Waals surface area contributed by atoms with Gasteiger partial charge in [-0.3, -0.25) is 0 Å². The second-order valence-corrected chi connectivity index (χ2v) is 5.67. The van der Waals surface area contributed by atoms with Crippen molar-refractivity contribution >= 4 is 9.84 Å². The zero-order valence-corrected chi connectivity index (χ0v) is 9.71. The van der Waals surface area contributed by atoms with Crippen LogP contribution in [0.25, 0.3) is 0 Å². The SMILES string of the molecule is O=S(=O)(CCCCCO)c1cccc(F)c1. The molecule has 0 atom stereocenters. The molecule has 0 aliphatic heterocycles. The van der Waals surface area contributed by atoms with Crippen LogP contribution in [0.3, 0.4) is 0 Å². The van der Waals surface area contributed by atoms with Crippen molar-refractivity contribution in [2.75, 3.05) is 12.4 Å². The van der Waals surface area contributed by atoms with E-state index in [2.05, 4.69) is 0 Å². The molecule has 0 spiro atoms. The smallest absolute Gasteiger partial charge is 0.178 e. The van der Waals surface area contributed by atoms with Gasteiger partial charge in [0.25, 0.3) is 0 Å². The van der Waals surface area contributed by atoms with Crippen LogP contribution in [-0.2, 0) is 9.84 Å². The lowest BCUT2D eigenvalue weighted by atomic mass is 10.3. The standard InChI is InChI=1S/C11H15FO3S/c12-10-5-4-6-11(9-10)16(14,15)8-3-1-2-7-13/h4-6,9,13H,1-3,7-8H2. The zero-order chi connectivity index (χ0) is 12.0. The maximum absolute atomic E-state index is 12.8. The van der Waals surface area contributed by atoms with E-state index < -0.39 is 15.7 Å². The second-order valence-electron chi connectivity index (χ2n) is 3.56. The van der Waals surface area contributed by atoms with E-state index in [1.54, 1.807) is 0 Å². The molecule has 1 aromatic rings. The van der Waals surface area contributed by atoms with Gasteiger partial charge >= 0.3 is 0 Å². The van der Waals surface area contributed by atoms with Gasteiger partial charge in [-0.1, -0.05) is 12.5 Å². The summed E-state index contributed by atoms with van der Waals surface area (Å²) in [6, 6.07) is 5.02. The molecular formula is C11H15FO3S. The van der Waals surface area contributed by atoms with Crippen molar-refractivity contribution < 1.29 is 17.9 Å². The highest BCUT2D eigenvalue weighted by molar-refractivity contribution is 7.91. The van der Waals surface area contributed by atoms with Crippen molar-refractivity contribution in [2.24, 2.45) is 0 Å². The van der Waals surface area contributed by atoms with Crippen LogP contribution in [0.1, 0.15) is 19.3 Å². The molecule has 0 aliphatic carbocycles. The van der Waals surface area contributed by atoms with Gasteiger partial charge in [0.15, 0.2) is 9.84 Å². The van der Waals surface area contributed by atoms with Crippen LogP contribution in [0.4, 0.5) is 4.39 Å². The average Bonchev–Trinajstić information content (AvgIpc) is 2.24. The Kier molecular flexibility index (Phi) is 4.89. The lowest BCUT2D eigenvalue weighted by Gasteiger charge is -2.04. The van der Waals surface area contributed by atoms with Crippen molar-refractivity contribution in [1.29, 1.82) is 0 Å². The van der Waals surface area contributed by atoms with Crippen molar-refractivity contribution in [3.05, 3.63) is 30.1 Å². The first-order chi connectivity index (χ1) is 7.56. The van der Waals surface area contributed by atoms with E-state index in [1.807, 2.05) is 0 Å². The molecule has 0 radical (unpaired) electrons. The van der Waals surface area contributed by atoms with Gasteiger partial charge in [0.05, 0.1) is 10.6 Å².